The third-order valence-corrected chi connectivity index (χ3v) is 6.55. The van der Waals surface area contributed by atoms with Crippen LogP contribution in [0.2, 0.25) is 0 Å². The molecule has 0 aliphatic heterocycles. The number of nitrogens with zero attached hydrogens (tertiary/aromatic N) is 4. The lowest BCUT2D eigenvalue weighted by atomic mass is 10.1. The van der Waals surface area contributed by atoms with Crippen molar-refractivity contribution in [3.63, 3.8) is 0 Å². The summed E-state index contributed by atoms with van der Waals surface area (Å²) in [7, 11) is 0. The summed E-state index contributed by atoms with van der Waals surface area (Å²) in [6, 6.07) is 21.2. The summed E-state index contributed by atoms with van der Waals surface area (Å²) in [4.78, 5) is 41.3. The summed E-state index contributed by atoms with van der Waals surface area (Å²) < 4.78 is 1.29. The van der Waals surface area contributed by atoms with Crippen molar-refractivity contribution in [1.82, 2.24) is 14.7 Å². The molecular formula is C26H24N4O4S. The number of aromatic nitrogens is 2. The van der Waals surface area contributed by atoms with Gasteiger partial charge in [0.2, 0.25) is 5.43 Å². The van der Waals surface area contributed by atoms with Gasteiger partial charge in [-0.05, 0) is 44.0 Å². The molecule has 0 unspecified atom stereocenters. The van der Waals surface area contributed by atoms with Crippen LogP contribution in [0.5, 0.6) is 0 Å². The van der Waals surface area contributed by atoms with Crippen LogP contribution in [0.1, 0.15) is 31.5 Å². The molecule has 0 spiro atoms. The molecule has 0 bridgehead atoms. The molecule has 2 aromatic heterocycles. The minimum Gasteiger partial charge on any atom is -0.332 e. The number of hydrogen-bond acceptors (Lipinski definition) is 6. The highest BCUT2D eigenvalue weighted by Crippen LogP contribution is 2.23. The van der Waals surface area contributed by atoms with E-state index >= 15 is 0 Å². The van der Waals surface area contributed by atoms with E-state index in [9.17, 15) is 19.7 Å². The smallest absolute Gasteiger partial charge is 0.294 e. The highest BCUT2D eigenvalue weighted by Gasteiger charge is 2.24. The fraction of sp³-hybridized carbons (Fsp3) is 0.192. The van der Waals surface area contributed by atoms with Gasteiger partial charge in [-0.1, -0.05) is 42.5 Å². The average molecular weight is 489 g/mol. The molecule has 35 heavy (non-hydrogen) atoms. The molecule has 0 aliphatic carbocycles. The molecular weight excluding hydrogens is 464 g/mol. The number of benzene rings is 2. The number of amides is 1. The fourth-order valence-corrected chi connectivity index (χ4v) is 4.71. The fourth-order valence-electron chi connectivity index (χ4n) is 3.81. The number of rotatable bonds is 8. The summed E-state index contributed by atoms with van der Waals surface area (Å²) in [6.07, 6.45) is 0.612. The SMILES string of the molecule is Cc1ccc(CN(CCc2ccccc2)C(=O)c2nn(-c3ccccc3[N+](=O)[O-])c(C)cc2=O)s1. The van der Waals surface area contributed by atoms with Crippen molar-refractivity contribution in [2.75, 3.05) is 6.54 Å². The van der Waals surface area contributed by atoms with E-state index in [1.54, 1.807) is 41.4 Å². The highest BCUT2D eigenvalue weighted by atomic mass is 32.1. The number of nitro benzene ring substituents is 1. The predicted octanol–water partition coefficient (Wildman–Crippen LogP) is 4.70. The zero-order chi connectivity index (χ0) is 24.9. The molecule has 178 valence electrons. The molecule has 0 fully saturated rings. The first-order chi connectivity index (χ1) is 16.8. The maximum atomic E-state index is 13.6. The minimum atomic E-state index is -0.519. The van der Waals surface area contributed by atoms with Crippen LogP contribution in [0, 0.1) is 24.0 Å². The van der Waals surface area contributed by atoms with Gasteiger partial charge in [0.05, 0.1) is 11.5 Å². The molecule has 0 saturated carbocycles. The van der Waals surface area contributed by atoms with E-state index in [1.807, 2.05) is 49.4 Å². The van der Waals surface area contributed by atoms with Gasteiger partial charge in [0, 0.05) is 34.1 Å². The second-order valence-corrected chi connectivity index (χ2v) is 9.50. The summed E-state index contributed by atoms with van der Waals surface area (Å²) in [5.74, 6) is -0.510. The average Bonchev–Trinajstić information content (AvgIpc) is 3.26. The molecule has 2 heterocycles. The molecule has 2 aromatic carbocycles. The van der Waals surface area contributed by atoms with Gasteiger partial charge in [-0.2, -0.15) is 5.10 Å². The van der Waals surface area contributed by atoms with E-state index in [0.717, 1.165) is 15.3 Å². The van der Waals surface area contributed by atoms with Gasteiger partial charge < -0.3 is 4.90 Å². The Morgan fingerprint density at radius 2 is 1.77 bits per heavy atom. The van der Waals surface area contributed by atoms with Crippen LogP contribution >= 0.6 is 11.3 Å². The number of nitro groups is 1. The van der Waals surface area contributed by atoms with E-state index in [-0.39, 0.29) is 17.1 Å². The van der Waals surface area contributed by atoms with Crippen molar-refractivity contribution in [1.29, 1.82) is 0 Å². The van der Waals surface area contributed by atoms with Crippen molar-refractivity contribution < 1.29 is 9.72 Å². The maximum Gasteiger partial charge on any atom is 0.294 e. The lowest BCUT2D eigenvalue weighted by Crippen LogP contribution is -2.37. The van der Waals surface area contributed by atoms with Crippen molar-refractivity contribution in [3.05, 3.63) is 120 Å². The van der Waals surface area contributed by atoms with Gasteiger partial charge in [0.15, 0.2) is 5.69 Å². The van der Waals surface area contributed by atoms with Gasteiger partial charge in [0.1, 0.15) is 5.69 Å². The Kier molecular flexibility index (Phi) is 7.17. The van der Waals surface area contributed by atoms with E-state index < -0.39 is 16.3 Å². The Labute approximate surface area is 206 Å². The highest BCUT2D eigenvalue weighted by molar-refractivity contribution is 7.11. The standard InChI is InChI=1S/C26H24N4O4S/c1-18-16-24(31)25(27-29(18)22-10-6-7-11-23(22)30(33)34)26(32)28(17-21-13-12-19(2)35-21)15-14-20-8-4-3-5-9-20/h3-13,16H,14-15,17H2,1-2H3. The zero-order valence-corrected chi connectivity index (χ0v) is 20.2. The van der Waals surface area contributed by atoms with Crippen molar-refractivity contribution in [2.24, 2.45) is 0 Å². The van der Waals surface area contributed by atoms with E-state index in [2.05, 4.69) is 5.10 Å². The Bertz CT molecular complexity index is 1430. The Morgan fingerprint density at radius 1 is 1.06 bits per heavy atom. The van der Waals surface area contributed by atoms with Crippen molar-refractivity contribution in [2.45, 2.75) is 26.8 Å². The number of carbonyl (C=O) groups excluding carboxylic acids is 1. The van der Waals surface area contributed by atoms with Crippen LogP contribution in [0.25, 0.3) is 5.69 Å². The first-order valence-corrected chi connectivity index (χ1v) is 11.9. The lowest BCUT2D eigenvalue weighted by molar-refractivity contribution is -0.384. The molecule has 0 radical (unpaired) electrons. The first kappa shape index (κ1) is 24.0. The number of thiophene rings is 1. The predicted molar refractivity (Wildman–Crippen MR) is 135 cm³/mol. The second-order valence-electron chi connectivity index (χ2n) is 8.13. The molecule has 0 atom stereocenters. The number of carbonyl (C=O) groups is 1. The van der Waals surface area contributed by atoms with Crippen LogP contribution < -0.4 is 5.43 Å². The molecule has 1 amide bonds. The normalized spacial score (nSPS) is 10.8. The molecule has 8 nitrogen and oxygen atoms in total. The van der Waals surface area contributed by atoms with E-state index in [0.29, 0.717) is 25.2 Å². The lowest BCUT2D eigenvalue weighted by Gasteiger charge is -2.22. The Balaban J connectivity index is 1.72. The van der Waals surface area contributed by atoms with Crippen LogP contribution in [0.3, 0.4) is 0 Å². The van der Waals surface area contributed by atoms with Crippen molar-refractivity contribution >= 4 is 22.9 Å². The summed E-state index contributed by atoms with van der Waals surface area (Å²) in [5.41, 5.74) is 0.700. The van der Waals surface area contributed by atoms with Crippen LogP contribution in [0.4, 0.5) is 5.69 Å². The molecule has 0 N–H and O–H groups in total. The quantitative estimate of drug-likeness (QED) is 0.264. The van der Waals surface area contributed by atoms with E-state index in [1.165, 1.54) is 16.8 Å². The monoisotopic (exact) mass is 488 g/mol. The van der Waals surface area contributed by atoms with Gasteiger partial charge >= 0.3 is 0 Å². The molecule has 0 saturated heterocycles. The molecule has 9 heteroatoms. The number of aryl methyl sites for hydroxylation is 2. The van der Waals surface area contributed by atoms with E-state index in [4.69, 9.17) is 0 Å². The minimum absolute atomic E-state index is 0.167. The van der Waals surface area contributed by atoms with Gasteiger partial charge in [-0.15, -0.1) is 11.3 Å². The maximum absolute atomic E-state index is 13.6. The second kappa shape index (κ2) is 10.4. The summed E-state index contributed by atoms with van der Waals surface area (Å²) in [6.45, 7) is 4.35. The topological polar surface area (TPSA) is 98.3 Å². The zero-order valence-electron chi connectivity index (χ0n) is 19.4. The Morgan fingerprint density at radius 3 is 2.46 bits per heavy atom. The van der Waals surface area contributed by atoms with Crippen LogP contribution in [-0.2, 0) is 13.0 Å². The van der Waals surface area contributed by atoms with Gasteiger partial charge in [0.25, 0.3) is 11.6 Å². The van der Waals surface area contributed by atoms with Crippen molar-refractivity contribution in [3.8, 4) is 5.69 Å². The summed E-state index contributed by atoms with van der Waals surface area (Å²) >= 11 is 1.59. The summed E-state index contributed by atoms with van der Waals surface area (Å²) in [5, 5.41) is 15.9. The first-order valence-electron chi connectivity index (χ1n) is 11.1. The Hall–Kier alpha value is -4.11. The number of hydrogen-bond donors (Lipinski definition) is 0. The van der Waals surface area contributed by atoms with Crippen LogP contribution in [-0.4, -0.2) is 32.1 Å². The third-order valence-electron chi connectivity index (χ3n) is 5.56. The van der Waals surface area contributed by atoms with Gasteiger partial charge in [-0.3, -0.25) is 19.7 Å². The third kappa shape index (κ3) is 5.52. The molecule has 0 aliphatic rings. The largest absolute Gasteiger partial charge is 0.332 e. The number of para-hydroxylation sites is 2. The molecule has 4 aromatic rings. The van der Waals surface area contributed by atoms with Gasteiger partial charge in [-0.25, -0.2) is 4.68 Å². The molecule has 4 rings (SSSR count). The van der Waals surface area contributed by atoms with Crippen LogP contribution in [0.15, 0.2) is 77.6 Å².